The topological polar surface area (TPSA) is 60.2 Å². The number of anilines is 1. The van der Waals surface area contributed by atoms with Crippen LogP contribution in [-0.4, -0.2) is 30.0 Å². The molecule has 0 saturated heterocycles. The molecular weight excluding hydrogens is 230 g/mol. The third kappa shape index (κ3) is 3.30. The molecule has 1 atom stereocenters. The Labute approximate surface area is 106 Å². The van der Waals surface area contributed by atoms with Crippen LogP contribution in [0.4, 0.5) is 5.69 Å². The van der Waals surface area contributed by atoms with E-state index in [4.69, 9.17) is 9.15 Å². The number of hydrogen-bond acceptors (Lipinski definition) is 5. The van der Waals surface area contributed by atoms with E-state index in [1.165, 1.54) is 6.39 Å². The number of benzene rings is 1. The van der Waals surface area contributed by atoms with Gasteiger partial charge < -0.3 is 14.5 Å². The predicted octanol–water partition coefficient (Wildman–Crippen LogP) is 2.57. The summed E-state index contributed by atoms with van der Waals surface area (Å²) in [5.74, 6) is 0.531. The average molecular weight is 247 g/mol. The van der Waals surface area contributed by atoms with Crippen LogP contribution < -0.4 is 5.32 Å². The Bertz CT molecular complexity index is 471. The van der Waals surface area contributed by atoms with Crippen LogP contribution in [0.3, 0.4) is 0 Å². The largest absolute Gasteiger partial charge is 0.423 e. The summed E-state index contributed by atoms with van der Waals surface area (Å²) in [6.45, 7) is 2.87. The van der Waals surface area contributed by atoms with Gasteiger partial charge in [0.25, 0.3) is 0 Å². The van der Waals surface area contributed by atoms with E-state index in [-0.39, 0.29) is 0 Å². The van der Waals surface area contributed by atoms with E-state index in [9.17, 15) is 0 Å². The molecule has 1 aromatic carbocycles. The fourth-order valence-corrected chi connectivity index (χ4v) is 1.69. The number of nitrogens with one attached hydrogen (secondary N) is 1. The van der Waals surface area contributed by atoms with Gasteiger partial charge in [-0.05, 0) is 31.5 Å². The van der Waals surface area contributed by atoms with Gasteiger partial charge in [0.05, 0.1) is 0 Å². The van der Waals surface area contributed by atoms with Crippen molar-refractivity contribution in [1.29, 1.82) is 0 Å². The van der Waals surface area contributed by atoms with Gasteiger partial charge in [0.1, 0.15) is 0 Å². The van der Waals surface area contributed by atoms with Crippen LogP contribution in [0.25, 0.3) is 11.5 Å². The maximum atomic E-state index is 5.17. The third-order valence-electron chi connectivity index (χ3n) is 2.64. The molecule has 96 valence electrons. The van der Waals surface area contributed by atoms with Gasteiger partial charge in [0.15, 0.2) is 0 Å². The summed E-state index contributed by atoms with van der Waals surface area (Å²) in [6, 6.07) is 8.27. The summed E-state index contributed by atoms with van der Waals surface area (Å²) in [5, 5.41) is 11.0. The Kier molecular flexibility index (Phi) is 4.30. The fraction of sp³-hybridized carbons (Fsp3) is 0.385. The summed E-state index contributed by atoms with van der Waals surface area (Å²) >= 11 is 0. The van der Waals surface area contributed by atoms with E-state index in [0.717, 1.165) is 24.3 Å². The van der Waals surface area contributed by atoms with Gasteiger partial charge in [0, 0.05) is 31.0 Å². The molecule has 0 aliphatic heterocycles. The minimum atomic E-state index is 0.350. The number of ether oxygens (including phenoxy) is 1. The smallest absolute Gasteiger partial charge is 0.247 e. The first-order chi connectivity index (χ1) is 8.79. The van der Waals surface area contributed by atoms with Gasteiger partial charge in [-0.25, -0.2) is 0 Å². The lowest BCUT2D eigenvalue weighted by molar-refractivity contribution is 0.191. The monoisotopic (exact) mass is 247 g/mol. The van der Waals surface area contributed by atoms with E-state index in [1.54, 1.807) is 7.11 Å². The van der Waals surface area contributed by atoms with Gasteiger partial charge in [-0.2, -0.15) is 0 Å². The SMILES string of the molecule is COCCC(C)Nc1cccc(-c2nnco2)c1. The molecule has 0 bridgehead atoms. The number of hydrogen-bond donors (Lipinski definition) is 1. The van der Waals surface area contributed by atoms with Crippen molar-refractivity contribution in [2.45, 2.75) is 19.4 Å². The number of methoxy groups -OCH3 is 1. The number of rotatable bonds is 6. The quantitative estimate of drug-likeness (QED) is 0.850. The summed E-state index contributed by atoms with van der Waals surface area (Å²) in [4.78, 5) is 0. The maximum Gasteiger partial charge on any atom is 0.247 e. The van der Waals surface area contributed by atoms with Crippen LogP contribution in [-0.2, 0) is 4.74 Å². The molecule has 5 nitrogen and oxygen atoms in total. The van der Waals surface area contributed by atoms with Crippen molar-refractivity contribution in [3.8, 4) is 11.5 Å². The normalized spacial score (nSPS) is 12.3. The lowest BCUT2D eigenvalue weighted by Crippen LogP contribution is -2.17. The van der Waals surface area contributed by atoms with Crippen LogP contribution in [0.5, 0.6) is 0 Å². The zero-order valence-corrected chi connectivity index (χ0v) is 10.6. The number of aromatic nitrogens is 2. The Balaban J connectivity index is 2.03. The van der Waals surface area contributed by atoms with E-state index in [0.29, 0.717) is 11.9 Å². The first-order valence-electron chi connectivity index (χ1n) is 5.91. The summed E-state index contributed by atoms with van der Waals surface area (Å²) in [7, 11) is 1.71. The zero-order chi connectivity index (χ0) is 12.8. The summed E-state index contributed by atoms with van der Waals surface area (Å²) in [5.41, 5.74) is 1.95. The predicted molar refractivity (Wildman–Crippen MR) is 69.3 cm³/mol. The highest BCUT2D eigenvalue weighted by Crippen LogP contribution is 2.20. The van der Waals surface area contributed by atoms with Crippen molar-refractivity contribution < 1.29 is 9.15 Å². The fourth-order valence-electron chi connectivity index (χ4n) is 1.69. The molecule has 18 heavy (non-hydrogen) atoms. The highest BCUT2D eigenvalue weighted by atomic mass is 16.5. The van der Waals surface area contributed by atoms with Crippen molar-refractivity contribution in [3.05, 3.63) is 30.7 Å². The van der Waals surface area contributed by atoms with Crippen molar-refractivity contribution in [2.24, 2.45) is 0 Å². The maximum absolute atomic E-state index is 5.17. The molecule has 1 heterocycles. The lowest BCUT2D eigenvalue weighted by Gasteiger charge is -2.15. The lowest BCUT2D eigenvalue weighted by atomic mass is 10.1. The molecule has 2 aromatic rings. The molecule has 2 rings (SSSR count). The molecule has 0 aliphatic rings. The van der Waals surface area contributed by atoms with Crippen LogP contribution in [0.1, 0.15) is 13.3 Å². The zero-order valence-electron chi connectivity index (χ0n) is 10.6. The third-order valence-corrected chi connectivity index (χ3v) is 2.64. The van der Waals surface area contributed by atoms with Crippen LogP contribution in [0.2, 0.25) is 0 Å². The Hall–Kier alpha value is -1.88. The second-order valence-corrected chi connectivity index (χ2v) is 4.15. The van der Waals surface area contributed by atoms with Crippen LogP contribution in [0.15, 0.2) is 35.1 Å². The van der Waals surface area contributed by atoms with Gasteiger partial charge in [-0.3, -0.25) is 0 Å². The standard InChI is InChI=1S/C13H17N3O2/c1-10(6-7-17-2)15-12-5-3-4-11(8-12)13-16-14-9-18-13/h3-5,8-10,15H,6-7H2,1-2H3. The van der Waals surface area contributed by atoms with E-state index in [2.05, 4.69) is 22.4 Å². The van der Waals surface area contributed by atoms with Gasteiger partial charge in [-0.15, -0.1) is 10.2 Å². The number of nitrogens with zero attached hydrogens (tertiary/aromatic N) is 2. The molecule has 1 N–H and O–H groups in total. The molecule has 0 spiro atoms. The summed E-state index contributed by atoms with van der Waals surface area (Å²) in [6.07, 6.45) is 2.29. The van der Waals surface area contributed by atoms with E-state index in [1.807, 2.05) is 24.3 Å². The van der Waals surface area contributed by atoms with Crippen molar-refractivity contribution in [1.82, 2.24) is 10.2 Å². The Morgan fingerprint density at radius 1 is 1.44 bits per heavy atom. The van der Waals surface area contributed by atoms with E-state index >= 15 is 0 Å². The molecule has 0 amide bonds. The second-order valence-electron chi connectivity index (χ2n) is 4.15. The molecule has 5 heteroatoms. The minimum Gasteiger partial charge on any atom is -0.423 e. The van der Waals surface area contributed by atoms with Gasteiger partial charge >= 0.3 is 0 Å². The Morgan fingerprint density at radius 3 is 3.06 bits per heavy atom. The van der Waals surface area contributed by atoms with E-state index < -0.39 is 0 Å². The molecule has 0 fully saturated rings. The molecular formula is C13H17N3O2. The molecule has 0 radical (unpaired) electrons. The van der Waals surface area contributed by atoms with Gasteiger partial charge in [-0.1, -0.05) is 6.07 Å². The molecule has 1 unspecified atom stereocenters. The van der Waals surface area contributed by atoms with Crippen LogP contribution in [0, 0.1) is 0 Å². The highest BCUT2D eigenvalue weighted by molar-refractivity contribution is 5.61. The van der Waals surface area contributed by atoms with Crippen LogP contribution >= 0.6 is 0 Å². The molecule has 1 aromatic heterocycles. The molecule has 0 aliphatic carbocycles. The average Bonchev–Trinajstić information content (AvgIpc) is 2.90. The highest BCUT2D eigenvalue weighted by Gasteiger charge is 2.06. The molecule has 0 saturated carbocycles. The first-order valence-corrected chi connectivity index (χ1v) is 5.91. The minimum absolute atomic E-state index is 0.350. The van der Waals surface area contributed by atoms with Crippen molar-refractivity contribution >= 4 is 5.69 Å². The van der Waals surface area contributed by atoms with Crippen molar-refractivity contribution in [2.75, 3.05) is 19.0 Å². The van der Waals surface area contributed by atoms with Crippen molar-refractivity contribution in [3.63, 3.8) is 0 Å². The summed E-state index contributed by atoms with van der Waals surface area (Å²) < 4.78 is 10.2. The first kappa shape index (κ1) is 12.6. The Morgan fingerprint density at radius 2 is 2.33 bits per heavy atom. The second kappa shape index (κ2) is 6.16. The van der Waals surface area contributed by atoms with Gasteiger partial charge in [0.2, 0.25) is 12.3 Å².